The smallest absolute Gasteiger partial charge is 0.329 e. The number of carbonyl (C=O) groups is 8. The van der Waals surface area contributed by atoms with Crippen LogP contribution in [0.3, 0.4) is 0 Å². The minimum Gasteiger partial charge on any atom is -0.505 e. The summed E-state index contributed by atoms with van der Waals surface area (Å²) in [6, 6.07) is 8.87. The Balaban J connectivity index is 1.59. The van der Waals surface area contributed by atoms with Gasteiger partial charge in [0.25, 0.3) is 23.6 Å². The Morgan fingerprint density at radius 1 is 0.415 bits per heavy atom. The molecule has 2 aromatic heterocycles. The maximum atomic E-state index is 15.0. The van der Waals surface area contributed by atoms with E-state index in [9.17, 15) is 48.6 Å². The predicted octanol–water partition coefficient (Wildman–Crippen LogP) is 5.57. The van der Waals surface area contributed by atoms with Crippen LogP contribution in [-0.2, 0) is 83.2 Å². The van der Waals surface area contributed by atoms with Gasteiger partial charge in [-0.3, -0.25) is 28.5 Å². The van der Waals surface area contributed by atoms with Crippen LogP contribution in [0.4, 0.5) is 0 Å². The van der Waals surface area contributed by atoms with Crippen LogP contribution in [0.5, 0.6) is 11.5 Å². The summed E-state index contributed by atoms with van der Waals surface area (Å²) in [5, 5.41) is 27.9. The van der Waals surface area contributed by atoms with Gasteiger partial charge in [0.2, 0.25) is 0 Å². The van der Waals surface area contributed by atoms with Crippen LogP contribution in [-0.4, -0.2) is 174 Å². The molecule has 1 fully saturated rings. The highest BCUT2D eigenvalue weighted by molar-refractivity contribution is 5.94. The van der Waals surface area contributed by atoms with Crippen molar-refractivity contribution in [2.75, 3.05) is 28.2 Å². The molecule has 2 N–H and O–H groups in total. The van der Waals surface area contributed by atoms with Gasteiger partial charge in [0.15, 0.2) is 35.9 Å². The molecule has 82 heavy (non-hydrogen) atoms. The first-order valence-corrected chi connectivity index (χ1v) is 28.0. The number of hydrogen-bond acceptors (Lipinski definition) is 16. The van der Waals surface area contributed by atoms with Crippen molar-refractivity contribution in [2.45, 2.75) is 169 Å². The van der Waals surface area contributed by atoms with E-state index in [1.807, 2.05) is 55.4 Å². The first kappa shape index (κ1) is 65.0. The lowest BCUT2D eigenvalue weighted by Crippen LogP contribution is -2.55. The van der Waals surface area contributed by atoms with E-state index in [1.54, 1.807) is 57.9 Å². The molecule has 0 radical (unpaired) electrons. The third-order valence-electron chi connectivity index (χ3n) is 14.3. The summed E-state index contributed by atoms with van der Waals surface area (Å²) in [6.07, 6.45) is -0.731. The number of rotatable bonds is 16. The first-order valence-electron chi connectivity index (χ1n) is 28.0. The average Bonchev–Trinajstić information content (AvgIpc) is 4.03. The van der Waals surface area contributed by atoms with Crippen molar-refractivity contribution in [1.82, 2.24) is 39.2 Å². The largest absolute Gasteiger partial charge is 0.505 e. The molecule has 5 rings (SSSR count). The third-order valence-corrected chi connectivity index (χ3v) is 14.3. The van der Waals surface area contributed by atoms with E-state index in [-0.39, 0.29) is 73.7 Å². The standard InChI is InChI=1S/C60H84N8O14/c1-35(2)23-47-57(75)79-39(9)53(71)63(11)50(26-38(7)8)60(78)82-52(28-42-17-21-44(22-18-42)32-68-34-46(70)30-62-68)56(74)66(14)48(24-36(3)4)58(76)80-40(10)54(72)64(12)49(25-37(5)6)59(77)81-51(55(73)65(47)13)27-41-15-19-43(20-16-41)31-67-33-45(69)29-61-67/h15-22,29-30,33-40,47-52,69-70H,23-28,31-32H2,1-14H3/t39-,40-,47+,48+,49+,50+,51-,52-/m1/s1. The minimum atomic E-state index is -1.57. The summed E-state index contributed by atoms with van der Waals surface area (Å²) in [7, 11) is 5.47. The molecule has 22 nitrogen and oxygen atoms in total. The Bertz CT molecular complexity index is 2620. The number of likely N-dealkylation sites (N-methyl/N-ethyl adjacent to an activating group) is 4. The highest BCUT2D eigenvalue weighted by atomic mass is 16.6. The van der Waals surface area contributed by atoms with Crippen molar-refractivity contribution in [3.63, 3.8) is 0 Å². The number of hydrogen-bond donors (Lipinski definition) is 2. The molecule has 448 valence electrons. The molecular weight excluding hydrogens is 1060 g/mol. The van der Waals surface area contributed by atoms with Gasteiger partial charge < -0.3 is 48.8 Å². The maximum absolute atomic E-state index is 15.0. The van der Waals surface area contributed by atoms with Gasteiger partial charge in [-0.25, -0.2) is 19.2 Å². The average molecular weight is 1140 g/mol. The molecule has 3 heterocycles. The molecule has 0 bridgehead atoms. The Morgan fingerprint density at radius 2 is 0.671 bits per heavy atom. The van der Waals surface area contributed by atoms with Crippen LogP contribution in [0, 0.1) is 23.7 Å². The number of amides is 4. The van der Waals surface area contributed by atoms with Gasteiger partial charge in [-0.2, -0.15) is 10.2 Å². The Labute approximate surface area is 481 Å². The summed E-state index contributed by atoms with van der Waals surface area (Å²) < 4.78 is 27.2. The van der Waals surface area contributed by atoms with E-state index in [4.69, 9.17) is 18.9 Å². The van der Waals surface area contributed by atoms with E-state index in [0.29, 0.717) is 24.2 Å². The van der Waals surface area contributed by atoms with Crippen LogP contribution < -0.4 is 0 Å². The van der Waals surface area contributed by atoms with Crippen LogP contribution in [0.15, 0.2) is 73.3 Å². The van der Waals surface area contributed by atoms with Crippen molar-refractivity contribution < 1.29 is 67.5 Å². The van der Waals surface area contributed by atoms with Crippen molar-refractivity contribution in [3.05, 3.63) is 95.6 Å². The number of esters is 4. The molecule has 8 atom stereocenters. The number of nitrogens with zero attached hydrogens (tertiary/aromatic N) is 8. The highest BCUT2D eigenvalue weighted by Gasteiger charge is 2.43. The van der Waals surface area contributed by atoms with Gasteiger partial charge in [-0.15, -0.1) is 0 Å². The SMILES string of the molecule is CC(C)C[C@H]1C(=O)O[C@H](Cc2ccc(Cn3cc(O)cn3)cc2)C(=O)N(C)[C@@H](CC(C)C)C(=O)O[C@H](C)C(=O)N(C)[C@@H](CC(C)C)C(=O)O[C@H](Cc2ccc(Cn3cc(O)cn3)cc2)C(=O)N(C)[C@@H](CC(C)C)C(=O)O[C@H](C)C(=O)N1C. The molecule has 22 heteroatoms. The lowest BCUT2D eigenvalue weighted by Gasteiger charge is -2.35. The maximum Gasteiger partial charge on any atom is 0.329 e. The predicted molar refractivity (Wildman–Crippen MR) is 301 cm³/mol. The normalized spacial score (nSPS) is 23.0. The van der Waals surface area contributed by atoms with Crippen molar-refractivity contribution in [2.24, 2.45) is 23.7 Å². The topological polar surface area (TPSA) is 263 Å². The zero-order valence-electron chi connectivity index (χ0n) is 49.9. The van der Waals surface area contributed by atoms with Crippen molar-refractivity contribution in [1.29, 1.82) is 0 Å². The second kappa shape index (κ2) is 29.3. The molecule has 1 aliphatic heterocycles. The van der Waals surface area contributed by atoms with Crippen molar-refractivity contribution in [3.8, 4) is 11.5 Å². The number of ether oxygens (including phenoxy) is 4. The summed E-state index contributed by atoms with van der Waals surface area (Å²) in [4.78, 5) is 122. The second-order valence-electron chi connectivity index (χ2n) is 23.2. The Kier molecular flexibility index (Phi) is 23.2. The second-order valence-corrected chi connectivity index (χ2v) is 23.2. The fraction of sp³-hybridized carbons (Fsp3) is 0.567. The molecule has 4 aromatic rings. The zero-order valence-corrected chi connectivity index (χ0v) is 49.9. The summed E-state index contributed by atoms with van der Waals surface area (Å²) >= 11 is 0. The summed E-state index contributed by atoms with van der Waals surface area (Å²) in [5.74, 6) is -7.75. The zero-order chi connectivity index (χ0) is 60.9. The first-order chi connectivity index (χ1) is 38.5. The number of carbonyl (C=O) groups excluding carboxylic acids is 8. The molecule has 0 saturated carbocycles. The molecule has 1 aliphatic rings. The van der Waals surface area contributed by atoms with Gasteiger partial charge in [-0.05, 0) is 85.5 Å². The molecule has 0 spiro atoms. The van der Waals surface area contributed by atoms with Gasteiger partial charge in [0, 0.05) is 41.0 Å². The summed E-state index contributed by atoms with van der Waals surface area (Å²) in [5.41, 5.74) is 2.73. The van der Waals surface area contributed by atoms with Crippen LogP contribution in [0.25, 0.3) is 0 Å². The number of aromatic hydroxyl groups is 2. The van der Waals surface area contributed by atoms with Crippen LogP contribution in [0.2, 0.25) is 0 Å². The van der Waals surface area contributed by atoms with E-state index in [0.717, 1.165) is 30.7 Å². The molecule has 0 aliphatic carbocycles. The van der Waals surface area contributed by atoms with Gasteiger partial charge in [-0.1, -0.05) is 104 Å². The van der Waals surface area contributed by atoms with Crippen LogP contribution >= 0.6 is 0 Å². The number of aromatic nitrogens is 4. The minimum absolute atomic E-state index is 0.000345. The molecule has 2 aromatic carbocycles. The number of benzene rings is 2. The fourth-order valence-corrected chi connectivity index (χ4v) is 9.72. The monoisotopic (exact) mass is 1140 g/mol. The molecule has 4 amide bonds. The van der Waals surface area contributed by atoms with E-state index >= 15 is 0 Å². The molecular formula is C60H84N8O14. The lowest BCUT2D eigenvalue weighted by atomic mass is 9.99. The van der Waals surface area contributed by atoms with E-state index in [1.165, 1.54) is 66.8 Å². The Hall–Kier alpha value is -7.78. The lowest BCUT2D eigenvalue weighted by molar-refractivity contribution is -0.176. The highest BCUT2D eigenvalue weighted by Crippen LogP contribution is 2.25. The summed E-state index contributed by atoms with van der Waals surface area (Å²) in [6.45, 7) is 18.0. The Morgan fingerprint density at radius 3 is 0.927 bits per heavy atom. The molecule has 0 unspecified atom stereocenters. The van der Waals surface area contributed by atoms with E-state index in [2.05, 4.69) is 10.2 Å². The van der Waals surface area contributed by atoms with Gasteiger partial charge in [0.05, 0.1) is 37.9 Å². The fourth-order valence-electron chi connectivity index (χ4n) is 9.72. The van der Waals surface area contributed by atoms with Gasteiger partial charge >= 0.3 is 23.9 Å². The quantitative estimate of drug-likeness (QED) is 0.103. The van der Waals surface area contributed by atoms with Crippen LogP contribution in [0.1, 0.15) is 117 Å². The van der Waals surface area contributed by atoms with Crippen molar-refractivity contribution >= 4 is 47.5 Å². The third kappa shape index (κ3) is 18.1. The number of cyclic esters (lactones) is 4. The van der Waals surface area contributed by atoms with Gasteiger partial charge in [0.1, 0.15) is 24.2 Å². The molecule has 1 saturated heterocycles. The van der Waals surface area contributed by atoms with E-state index < -0.39 is 96.1 Å².